The summed E-state index contributed by atoms with van der Waals surface area (Å²) in [7, 11) is 0. The van der Waals surface area contributed by atoms with Crippen molar-refractivity contribution in [3.8, 4) is 0 Å². The SMILES string of the molecule is CC(=O)NCc1ccc2[nH]c(C)c(C)c2c1. The van der Waals surface area contributed by atoms with Crippen LogP contribution in [0.5, 0.6) is 0 Å². The molecule has 0 bridgehead atoms. The number of fused-ring (bicyclic) bond motifs is 1. The number of H-pyrrole nitrogens is 1. The molecule has 1 heterocycles. The second kappa shape index (κ2) is 4.00. The van der Waals surface area contributed by atoms with E-state index < -0.39 is 0 Å². The first kappa shape index (κ1) is 10.7. The van der Waals surface area contributed by atoms with Gasteiger partial charge in [-0.3, -0.25) is 4.79 Å². The summed E-state index contributed by atoms with van der Waals surface area (Å²) in [6.07, 6.45) is 0. The Hall–Kier alpha value is -1.77. The van der Waals surface area contributed by atoms with E-state index in [1.165, 1.54) is 23.6 Å². The zero-order valence-electron chi connectivity index (χ0n) is 9.85. The lowest BCUT2D eigenvalue weighted by atomic mass is 10.1. The minimum absolute atomic E-state index is 0.00191. The third kappa shape index (κ3) is 1.94. The molecule has 1 aromatic heterocycles. The number of carbonyl (C=O) groups excluding carboxylic acids is 1. The number of hydrogen-bond donors (Lipinski definition) is 2. The van der Waals surface area contributed by atoms with Gasteiger partial charge in [0.25, 0.3) is 0 Å². The fourth-order valence-electron chi connectivity index (χ4n) is 1.84. The van der Waals surface area contributed by atoms with Crippen LogP contribution in [0.1, 0.15) is 23.7 Å². The normalized spacial score (nSPS) is 10.7. The first-order chi connectivity index (χ1) is 7.58. The highest BCUT2D eigenvalue weighted by Crippen LogP contribution is 2.22. The van der Waals surface area contributed by atoms with Crippen LogP contribution in [-0.4, -0.2) is 10.9 Å². The molecule has 2 N–H and O–H groups in total. The van der Waals surface area contributed by atoms with E-state index in [2.05, 4.69) is 36.3 Å². The maximum absolute atomic E-state index is 10.8. The minimum Gasteiger partial charge on any atom is -0.358 e. The first-order valence-corrected chi connectivity index (χ1v) is 5.40. The van der Waals surface area contributed by atoms with Gasteiger partial charge in [-0.15, -0.1) is 0 Å². The van der Waals surface area contributed by atoms with Gasteiger partial charge in [0.2, 0.25) is 5.91 Å². The zero-order chi connectivity index (χ0) is 11.7. The number of aryl methyl sites for hydroxylation is 2. The first-order valence-electron chi connectivity index (χ1n) is 5.40. The van der Waals surface area contributed by atoms with E-state index in [0.29, 0.717) is 6.54 Å². The lowest BCUT2D eigenvalue weighted by molar-refractivity contribution is -0.119. The van der Waals surface area contributed by atoms with Crippen molar-refractivity contribution in [2.24, 2.45) is 0 Å². The molecular weight excluding hydrogens is 200 g/mol. The zero-order valence-corrected chi connectivity index (χ0v) is 9.85. The maximum atomic E-state index is 10.8. The molecule has 2 rings (SSSR count). The summed E-state index contributed by atoms with van der Waals surface area (Å²) in [6.45, 7) is 6.30. The average Bonchev–Trinajstić information content (AvgIpc) is 2.52. The van der Waals surface area contributed by atoms with Crippen LogP contribution in [0.25, 0.3) is 10.9 Å². The highest BCUT2D eigenvalue weighted by atomic mass is 16.1. The predicted molar refractivity (Wildman–Crippen MR) is 65.3 cm³/mol. The van der Waals surface area contributed by atoms with Crippen LogP contribution < -0.4 is 5.32 Å². The Morgan fingerprint density at radius 2 is 2.12 bits per heavy atom. The lowest BCUT2D eigenvalue weighted by Crippen LogP contribution is -2.18. The number of nitrogens with one attached hydrogen (secondary N) is 2. The van der Waals surface area contributed by atoms with E-state index in [9.17, 15) is 4.79 Å². The Kier molecular flexibility index (Phi) is 2.69. The monoisotopic (exact) mass is 216 g/mol. The molecule has 1 amide bonds. The molecule has 1 aromatic carbocycles. The van der Waals surface area contributed by atoms with E-state index in [4.69, 9.17) is 0 Å². The van der Waals surface area contributed by atoms with Crippen molar-refractivity contribution in [2.75, 3.05) is 0 Å². The maximum Gasteiger partial charge on any atom is 0.217 e. The van der Waals surface area contributed by atoms with E-state index in [1.807, 2.05) is 6.07 Å². The third-order valence-corrected chi connectivity index (χ3v) is 2.91. The molecule has 0 radical (unpaired) electrons. The Morgan fingerprint density at radius 3 is 2.81 bits per heavy atom. The van der Waals surface area contributed by atoms with Crippen molar-refractivity contribution < 1.29 is 4.79 Å². The van der Waals surface area contributed by atoms with Gasteiger partial charge in [-0.25, -0.2) is 0 Å². The molecule has 0 atom stereocenters. The number of benzene rings is 1. The van der Waals surface area contributed by atoms with Gasteiger partial charge in [-0.05, 0) is 37.1 Å². The predicted octanol–water partition coefficient (Wildman–Crippen LogP) is 2.42. The number of carbonyl (C=O) groups is 1. The summed E-state index contributed by atoms with van der Waals surface area (Å²) in [6, 6.07) is 6.23. The summed E-state index contributed by atoms with van der Waals surface area (Å²) in [4.78, 5) is 14.2. The van der Waals surface area contributed by atoms with Crippen LogP contribution in [0.4, 0.5) is 0 Å². The number of aromatic nitrogens is 1. The molecule has 0 aliphatic heterocycles. The molecule has 2 aromatic rings. The Balaban J connectivity index is 2.35. The van der Waals surface area contributed by atoms with Gasteiger partial charge in [0.1, 0.15) is 0 Å². The highest BCUT2D eigenvalue weighted by Gasteiger charge is 2.04. The molecule has 0 fully saturated rings. The van der Waals surface area contributed by atoms with E-state index in [-0.39, 0.29) is 5.91 Å². The fraction of sp³-hybridized carbons (Fsp3) is 0.308. The Bertz CT molecular complexity index is 540. The van der Waals surface area contributed by atoms with Crippen LogP contribution in [0.15, 0.2) is 18.2 Å². The molecule has 84 valence electrons. The second-order valence-corrected chi connectivity index (χ2v) is 4.16. The largest absolute Gasteiger partial charge is 0.358 e. The van der Waals surface area contributed by atoms with Crippen LogP contribution >= 0.6 is 0 Å². The van der Waals surface area contributed by atoms with Gasteiger partial charge < -0.3 is 10.3 Å². The summed E-state index contributed by atoms with van der Waals surface area (Å²) in [5, 5.41) is 4.04. The van der Waals surface area contributed by atoms with E-state index >= 15 is 0 Å². The van der Waals surface area contributed by atoms with Crippen LogP contribution in [0.2, 0.25) is 0 Å². The van der Waals surface area contributed by atoms with Gasteiger partial charge in [-0.2, -0.15) is 0 Å². The standard InChI is InChI=1S/C13H16N2O/c1-8-9(2)15-13-5-4-11(6-12(8)13)7-14-10(3)16/h4-6,15H,7H2,1-3H3,(H,14,16). The molecule has 0 unspecified atom stereocenters. The third-order valence-electron chi connectivity index (χ3n) is 2.91. The van der Waals surface area contributed by atoms with Gasteiger partial charge in [-0.1, -0.05) is 6.07 Å². The van der Waals surface area contributed by atoms with Crippen molar-refractivity contribution in [1.29, 1.82) is 0 Å². The van der Waals surface area contributed by atoms with Crippen molar-refractivity contribution in [3.63, 3.8) is 0 Å². The minimum atomic E-state index is 0.00191. The topological polar surface area (TPSA) is 44.9 Å². The molecule has 0 saturated carbocycles. The van der Waals surface area contributed by atoms with E-state index in [0.717, 1.165) is 11.1 Å². The summed E-state index contributed by atoms with van der Waals surface area (Å²) in [5.41, 5.74) is 4.76. The molecule has 0 saturated heterocycles. The smallest absolute Gasteiger partial charge is 0.217 e. The Labute approximate surface area is 94.9 Å². The summed E-state index contributed by atoms with van der Waals surface area (Å²) >= 11 is 0. The number of rotatable bonds is 2. The van der Waals surface area contributed by atoms with Crippen molar-refractivity contribution in [3.05, 3.63) is 35.0 Å². The lowest BCUT2D eigenvalue weighted by Gasteiger charge is -2.02. The molecule has 3 heteroatoms. The van der Waals surface area contributed by atoms with Gasteiger partial charge in [0.15, 0.2) is 0 Å². The van der Waals surface area contributed by atoms with Crippen molar-refractivity contribution >= 4 is 16.8 Å². The quantitative estimate of drug-likeness (QED) is 0.795. The Morgan fingerprint density at radius 1 is 1.38 bits per heavy atom. The number of hydrogen-bond acceptors (Lipinski definition) is 1. The molecule has 3 nitrogen and oxygen atoms in total. The number of amides is 1. The molecule has 0 aliphatic rings. The van der Waals surface area contributed by atoms with Crippen LogP contribution in [0, 0.1) is 13.8 Å². The average molecular weight is 216 g/mol. The van der Waals surface area contributed by atoms with Gasteiger partial charge in [0, 0.05) is 30.1 Å². The fourth-order valence-corrected chi connectivity index (χ4v) is 1.84. The summed E-state index contributed by atoms with van der Waals surface area (Å²) in [5.74, 6) is 0.00191. The molecular formula is C13H16N2O. The molecule has 0 aliphatic carbocycles. The number of aromatic amines is 1. The second-order valence-electron chi connectivity index (χ2n) is 4.16. The molecule has 16 heavy (non-hydrogen) atoms. The molecule has 0 spiro atoms. The van der Waals surface area contributed by atoms with E-state index in [1.54, 1.807) is 0 Å². The van der Waals surface area contributed by atoms with Gasteiger partial charge in [0.05, 0.1) is 0 Å². The van der Waals surface area contributed by atoms with Crippen molar-refractivity contribution in [2.45, 2.75) is 27.3 Å². The highest BCUT2D eigenvalue weighted by molar-refractivity contribution is 5.85. The summed E-state index contributed by atoms with van der Waals surface area (Å²) < 4.78 is 0. The van der Waals surface area contributed by atoms with Gasteiger partial charge >= 0.3 is 0 Å². The van der Waals surface area contributed by atoms with Crippen LogP contribution in [0.3, 0.4) is 0 Å². The van der Waals surface area contributed by atoms with Crippen LogP contribution in [-0.2, 0) is 11.3 Å². The van der Waals surface area contributed by atoms with Crippen molar-refractivity contribution in [1.82, 2.24) is 10.3 Å².